The van der Waals surface area contributed by atoms with Gasteiger partial charge in [-0.15, -0.1) is 12.1 Å². The predicted octanol–water partition coefficient (Wildman–Crippen LogP) is 2.56. The van der Waals surface area contributed by atoms with Gasteiger partial charge in [-0.25, -0.2) is 0 Å². The Balaban J connectivity index is 0.00000289. The normalized spacial score (nSPS) is 10.1. The molecule has 1 heteroatoms. The van der Waals surface area contributed by atoms with Gasteiger partial charge in [-0.3, -0.25) is 0 Å². The SMILES string of the molecule is [CH2-]c1ccc(CCCCCCCCCC)cc1.[Li+]. The van der Waals surface area contributed by atoms with Gasteiger partial charge < -0.3 is 0 Å². The molecule has 0 aliphatic heterocycles. The number of benzene rings is 1. The molecule has 1 aromatic rings. The van der Waals surface area contributed by atoms with Crippen LogP contribution in [0.1, 0.15) is 69.4 Å². The van der Waals surface area contributed by atoms with Crippen LogP contribution in [-0.2, 0) is 6.42 Å². The first-order valence-electron chi connectivity index (χ1n) is 7.24. The molecule has 0 spiro atoms. The van der Waals surface area contributed by atoms with Crippen LogP contribution in [-0.4, -0.2) is 0 Å². The Bertz CT molecular complexity index is 276. The topological polar surface area (TPSA) is 0 Å². The smallest absolute Gasteiger partial charge is 0.199 e. The van der Waals surface area contributed by atoms with Crippen molar-refractivity contribution in [2.75, 3.05) is 0 Å². The summed E-state index contributed by atoms with van der Waals surface area (Å²) in [6, 6.07) is 8.65. The minimum absolute atomic E-state index is 0. The van der Waals surface area contributed by atoms with Crippen LogP contribution in [0.5, 0.6) is 0 Å². The average Bonchev–Trinajstić information content (AvgIpc) is 2.35. The molecule has 0 N–H and O–H groups in total. The number of aryl methyl sites for hydroxylation is 1. The van der Waals surface area contributed by atoms with E-state index in [-0.39, 0.29) is 18.9 Å². The molecule has 0 atom stereocenters. The van der Waals surface area contributed by atoms with E-state index in [1.54, 1.807) is 0 Å². The van der Waals surface area contributed by atoms with Crippen molar-refractivity contribution >= 4 is 0 Å². The van der Waals surface area contributed by atoms with Gasteiger partial charge in [0.1, 0.15) is 0 Å². The van der Waals surface area contributed by atoms with Gasteiger partial charge in [0.15, 0.2) is 0 Å². The van der Waals surface area contributed by atoms with Gasteiger partial charge >= 0.3 is 18.9 Å². The molecule has 0 nitrogen and oxygen atoms in total. The molecule has 1 aromatic carbocycles. The number of hydrogen-bond donors (Lipinski definition) is 0. The monoisotopic (exact) mass is 238 g/mol. The van der Waals surface area contributed by atoms with Gasteiger partial charge in [0.2, 0.25) is 0 Å². The molecule has 0 unspecified atom stereocenters. The fraction of sp³-hybridized carbons (Fsp3) is 0.588. The van der Waals surface area contributed by atoms with Gasteiger partial charge in [0.25, 0.3) is 0 Å². The molecule has 0 radical (unpaired) electrons. The zero-order valence-corrected chi connectivity index (χ0v) is 12.4. The van der Waals surface area contributed by atoms with E-state index in [9.17, 15) is 0 Å². The van der Waals surface area contributed by atoms with Crippen LogP contribution in [0.25, 0.3) is 0 Å². The Kier molecular flexibility index (Phi) is 11.6. The van der Waals surface area contributed by atoms with E-state index >= 15 is 0 Å². The fourth-order valence-corrected chi connectivity index (χ4v) is 2.17. The van der Waals surface area contributed by atoms with Crippen LogP contribution in [0.4, 0.5) is 0 Å². The molecule has 0 heterocycles. The van der Waals surface area contributed by atoms with Crippen LogP contribution in [0.15, 0.2) is 24.3 Å². The number of unbranched alkanes of at least 4 members (excludes halogenated alkanes) is 7. The molecule has 0 aliphatic rings. The molecule has 0 amide bonds. The summed E-state index contributed by atoms with van der Waals surface area (Å²) in [5.74, 6) is 0. The summed E-state index contributed by atoms with van der Waals surface area (Å²) in [5.41, 5.74) is 2.58. The molecule has 0 saturated heterocycles. The van der Waals surface area contributed by atoms with Crippen LogP contribution >= 0.6 is 0 Å². The summed E-state index contributed by atoms with van der Waals surface area (Å²) in [6.45, 7) is 6.18. The van der Waals surface area contributed by atoms with E-state index in [0.29, 0.717) is 0 Å². The Morgan fingerprint density at radius 1 is 0.778 bits per heavy atom. The molecule has 0 bridgehead atoms. The van der Waals surface area contributed by atoms with Crippen molar-refractivity contribution in [1.29, 1.82) is 0 Å². The third-order valence-corrected chi connectivity index (χ3v) is 3.34. The van der Waals surface area contributed by atoms with Crippen LogP contribution < -0.4 is 18.9 Å². The van der Waals surface area contributed by atoms with E-state index in [4.69, 9.17) is 0 Å². The van der Waals surface area contributed by atoms with Gasteiger partial charge in [-0.1, -0.05) is 57.4 Å². The van der Waals surface area contributed by atoms with Crippen molar-refractivity contribution in [2.24, 2.45) is 0 Å². The summed E-state index contributed by atoms with van der Waals surface area (Å²) in [6.07, 6.45) is 12.4. The summed E-state index contributed by atoms with van der Waals surface area (Å²) in [7, 11) is 0. The second kappa shape index (κ2) is 11.8. The molecule has 96 valence electrons. The average molecular weight is 238 g/mol. The molecule has 18 heavy (non-hydrogen) atoms. The van der Waals surface area contributed by atoms with Crippen molar-refractivity contribution in [1.82, 2.24) is 0 Å². The van der Waals surface area contributed by atoms with E-state index < -0.39 is 0 Å². The van der Waals surface area contributed by atoms with E-state index in [1.165, 1.54) is 63.4 Å². The third kappa shape index (κ3) is 8.73. The summed E-state index contributed by atoms with van der Waals surface area (Å²) >= 11 is 0. The number of rotatable bonds is 9. The minimum atomic E-state index is 0. The largest absolute Gasteiger partial charge is 1.00 e. The summed E-state index contributed by atoms with van der Waals surface area (Å²) < 4.78 is 0. The molecular formula is C17H27Li. The van der Waals surface area contributed by atoms with Gasteiger partial charge in [-0.2, -0.15) is 24.6 Å². The predicted molar refractivity (Wildman–Crippen MR) is 77.2 cm³/mol. The van der Waals surface area contributed by atoms with Gasteiger partial charge in [-0.05, 0) is 12.8 Å². The Labute approximate surface area is 126 Å². The van der Waals surface area contributed by atoms with Crippen LogP contribution in [0.2, 0.25) is 0 Å². The van der Waals surface area contributed by atoms with E-state index in [1.807, 2.05) is 0 Å². The van der Waals surface area contributed by atoms with Crippen LogP contribution in [0.3, 0.4) is 0 Å². The summed E-state index contributed by atoms with van der Waals surface area (Å²) in [5, 5.41) is 0. The quantitative estimate of drug-likeness (QED) is 0.352. The molecule has 0 aliphatic carbocycles. The maximum atomic E-state index is 3.91. The fourth-order valence-electron chi connectivity index (χ4n) is 2.17. The second-order valence-corrected chi connectivity index (χ2v) is 5.04. The summed E-state index contributed by atoms with van der Waals surface area (Å²) in [4.78, 5) is 0. The molecule has 1 rings (SSSR count). The Hall–Kier alpha value is -0.313. The first-order valence-corrected chi connectivity index (χ1v) is 7.24. The van der Waals surface area contributed by atoms with Crippen molar-refractivity contribution < 1.29 is 18.9 Å². The molecule has 0 aromatic heterocycles. The maximum absolute atomic E-state index is 3.91. The Morgan fingerprint density at radius 2 is 1.28 bits per heavy atom. The van der Waals surface area contributed by atoms with Crippen molar-refractivity contribution in [3.05, 3.63) is 42.3 Å². The zero-order chi connectivity index (χ0) is 12.3. The van der Waals surface area contributed by atoms with Gasteiger partial charge in [0, 0.05) is 0 Å². The molecular weight excluding hydrogens is 211 g/mol. The first-order chi connectivity index (χ1) is 8.33. The van der Waals surface area contributed by atoms with Crippen molar-refractivity contribution in [3.8, 4) is 0 Å². The van der Waals surface area contributed by atoms with E-state index in [2.05, 4.69) is 38.1 Å². The molecule has 0 fully saturated rings. The van der Waals surface area contributed by atoms with Crippen molar-refractivity contribution in [3.63, 3.8) is 0 Å². The van der Waals surface area contributed by atoms with Crippen LogP contribution in [0, 0.1) is 6.92 Å². The second-order valence-electron chi connectivity index (χ2n) is 5.04. The third-order valence-electron chi connectivity index (χ3n) is 3.34. The zero-order valence-electron chi connectivity index (χ0n) is 12.4. The molecule has 0 saturated carbocycles. The number of hydrogen-bond acceptors (Lipinski definition) is 0. The Morgan fingerprint density at radius 3 is 1.83 bits per heavy atom. The van der Waals surface area contributed by atoms with Crippen molar-refractivity contribution in [2.45, 2.75) is 64.7 Å². The standard InChI is InChI=1S/C17H27.Li/c1-3-4-5-6-7-8-9-10-11-17-14-12-16(2)13-15-17;/h12-15H,2-11H2,1H3;/q-1;+1. The minimum Gasteiger partial charge on any atom is -0.199 e. The van der Waals surface area contributed by atoms with Gasteiger partial charge in [0.05, 0.1) is 0 Å². The first kappa shape index (κ1) is 17.7. The maximum Gasteiger partial charge on any atom is 1.00 e. The van der Waals surface area contributed by atoms with E-state index in [0.717, 1.165) is 5.56 Å².